The van der Waals surface area contributed by atoms with E-state index in [-0.39, 0.29) is 11.3 Å². The number of carbonyl (C=O) groups is 1. The molecule has 1 heterocycles. The van der Waals surface area contributed by atoms with Crippen molar-refractivity contribution in [2.45, 2.75) is 51.4 Å². The number of hydrogen-bond acceptors (Lipinski definition) is 3. The van der Waals surface area contributed by atoms with Crippen molar-refractivity contribution >= 4 is 11.6 Å². The molecule has 2 aromatic rings. The van der Waals surface area contributed by atoms with Gasteiger partial charge in [0.25, 0.3) is 0 Å². The predicted octanol–water partition coefficient (Wildman–Crippen LogP) is 3.83. The summed E-state index contributed by atoms with van der Waals surface area (Å²) in [5.74, 6) is 1.12. The normalized spacial score (nSPS) is 16.9. The minimum absolute atomic E-state index is 0.0267. The molecule has 4 heteroatoms. The molecule has 3 rings (SSSR count). The van der Waals surface area contributed by atoms with Crippen molar-refractivity contribution in [1.82, 2.24) is 9.97 Å². The monoisotopic (exact) mass is 309 g/mol. The topological polar surface area (TPSA) is 54.9 Å². The van der Waals surface area contributed by atoms with Gasteiger partial charge in [0, 0.05) is 11.8 Å². The van der Waals surface area contributed by atoms with E-state index < -0.39 is 0 Å². The van der Waals surface area contributed by atoms with Crippen LogP contribution in [0.4, 0.5) is 5.69 Å². The molecule has 0 bridgehead atoms. The molecule has 0 aliphatic heterocycles. The van der Waals surface area contributed by atoms with Crippen LogP contribution < -0.4 is 5.32 Å². The summed E-state index contributed by atoms with van der Waals surface area (Å²) in [4.78, 5) is 21.0. The summed E-state index contributed by atoms with van der Waals surface area (Å²) in [6.45, 7) is 6.20. The van der Waals surface area contributed by atoms with Gasteiger partial charge in [0.2, 0.25) is 5.91 Å². The van der Waals surface area contributed by atoms with Gasteiger partial charge in [0.05, 0.1) is 18.1 Å². The van der Waals surface area contributed by atoms with E-state index in [1.165, 1.54) is 11.1 Å². The maximum atomic E-state index is 12.3. The smallest absolute Gasteiger partial charge is 0.225 e. The Morgan fingerprint density at radius 2 is 1.91 bits per heavy atom. The predicted molar refractivity (Wildman–Crippen MR) is 91.5 cm³/mol. The molecule has 1 atom stereocenters. The van der Waals surface area contributed by atoms with Crippen LogP contribution in [-0.2, 0) is 16.6 Å². The third-order valence-corrected chi connectivity index (χ3v) is 4.30. The van der Waals surface area contributed by atoms with Crippen LogP contribution in [0.1, 0.15) is 56.5 Å². The fraction of sp³-hybridized carbons (Fsp3) is 0.421. The number of amides is 1. The number of aryl methyl sites for hydroxylation is 1. The van der Waals surface area contributed by atoms with Crippen molar-refractivity contribution in [2.75, 3.05) is 5.32 Å². The van der Waals surface area contributed by atoms with Crippen molar-refractivity contribution < 1.29 is 4.79 Å². The lowest BCUT2D eigenvalue weighted by molar-refractivity contribution is -0.116. The summed E-state index contributed by atoms with van der Waals surface area (Å²) < 4.78 is 0. The first kappa shape index (κ1) is 15.7. The number of benzene rings is 1. The summed E-state index contributed by atoms with van der Waals surface area (Å²) in [6, 6.07) is 8.41. The van der Waals surface area contributed by atoms with E-state index in [4.69, 9.17) is 0 Å². The molecule has 0 radical (unpaired) electrons. The molecular formula is C19H23N3O. The Kier molecular flexibility index (Phi) is 4.16. The zero-order valence-corrected chi connectivity index (χ0v) is 14.0. The maximum Gasteiger partial charge on any atom is 0.225 e. The number of nitrogens with zero attached hydrogens (tertiary/aromatic N) is 2. The standard InChI is InChI=1S/C19H23N3O/c1-19(2,3)18-20-11-15(12-21-18)22-17(23)10-14-9-8-13-6-4-5-7-16(13)14/h4-7,11-12,14H,8-10H2,1-3H3,(H,22,23). The zero-order chi connectivity index (χ0) is 16.4. The summed E-state index contributed by atoms with van der Waals surface area (Å²) in [5, 5.41) is 2.91. The minimum Gasteiger partial charge on any atom is -0.323 e. The average Bonchev–Trinajstić information content (AvgIpc) is 2.90. The Labute approximate surface area is 137 Å². The molecule has 1 N–H and O–H groups in total. The Morgan fingerprint density at radius 3 is 2.61 bits per heavy atom. The summed E-state index contributed by atoms with van der Waals surface area (Å²) in [7, 11) is 0. The van der Waals surface area contributed by atoms with Crippen LogP contribution in [0, 0.1) is 0 Å². The Balaban J connectivity index is 1.62. The first-order valence-corrected chi connectivity index (χ1v) is 8.13. The molecular weight excluding hydrogens is 286 g/mol. The fourth-order valence-electron chi connectivity index (χ4n) is 3.07. The lowest BCUT2D eigenvalue weighted by atomic mass is 9.96. The first-order chi connectivity index (χ1) is 10.9. The maximum absolute atomic E-state index is 12.3. The largest absolute Gasteiger partial charge is 0.323 e. The second-order valence-corrected chi connectivity index (χ2v) is 7.23. The summed E-state index contributed by atoms with van der Waals surface area (Å²) in [5.41, 5.74) is 3.27. The van der Waals surface area contributed by atoms with Crippen LogP contribution in [0.5, 0.6) is 0 Å². The highest BCUT2D eigenvalue weighted by Gasteiger charge is 2.24. The Hall–Kier alpha value is -2.23. The van der Waals surface area contributed by atoms with Gasteiger partial charge in [-0.3, -0.25) is 4.79 Å². The number of hydrogen-bond donors (Lipinski definition) is 1. The van der Waals surface area contributed by atoms with E-state index in [1.54, 1.807) is 12.4 Å². The van der Waals surface area contributed by atoms with E-state index in [1.807, 2.05) is 6.07 Å². The molecule has 0 spiro atoms. The summed E-state index contributed by atoms with van der Waals surface area (Å²) >= 11 is 0. The number of carbonyl (C=O) groups excluding carboxylic acids is 1. The first-order valence-electron chi connectivity index (χ1n) is 8.13. The van der Waals surface area contributed by atoms with Crippen LogP contribution in [0.15, 0.2) is 36.7 Å². The molecule has 1 unspecified atom stereocenters. The van der Waals surface area contributed by atoms with Gasteiger partial charge >= 0.3 is 0 Å². The molecule has 0 fully saturated rings. The average molecular weight is 309 g/mol. The van der Waals surface area contributed by atoms with Crippen LogP contribution in [0.2, 0.25) is 0 Å². The minimum atomic E-state index is -0.0872. The quantitative estimate of drug-likeness (QED) is 0.937. The molecule has 1 aromatic heterocycles. The van der Waals surface area contributed by atoms with Crippen molar-refractivity contribution in [3.63, 3.8) is 0 Å². The van der Waals surface area contributed by atoms with E-state index in [0.29, 0.717) is 18.0 Å². The van der Waals surface area contributed by atoms with Crippen molar-refractivity contribution in [1.29, 1.82) is 0 Å². The van der Waals surface area contributed by atoms with Gasteiger partial charge in [0.1, 0.15) is 5.82 Å². The lowest BCUT2D eigenvalue weighted by Crippen LogP contribution is -2.18. The van der Waals surface area contributed by atoms with Crippen LogP contribution >= 0.6 is 0 Å². The second kappa shape index (κ2) is 6.11. The highest BCUT2D eigenvalue weighted by molar-refractivity contribution is 5.91. The van der Waals surface area contributed by atoms with Crippen LogP contribution in [0.25, 0.3) is 0 Å². The fourth-order valence-corrected chi connectivity index (χ4v) is 3.07. The highest BCUT2D eigenvalue weighted by Crippen LogP contribution is 2.35. The number of rotatable bonds is 3. The van der Waals surface area contributed by atoms with Crippen molar-refractivity contribution in [3.05, 3.63) is 53.6 Å². The van der Waals surface area contributed by atoms with E-state index in [9.17, 15) is 4.79 Å². The molecule has 23 heavy (non-hydrogen) atoms. The molecule has 120 valence electrons. The molecule has 1 amide bonds. The molecule has 4 nitrogen and oxygen atoms in total. The van der Waals surface area contributed by atoms with Gasteiger partial charge in [-0.2, -0.15) is 0 Å². The van der Waals surface area contributed by atoms with E-state index >= 15 is 0 Å². The van der Waals surface area contributed by atoms with Crippen molar-refractivity contribution in [2.24, 2.45) is 0 Å². The van der Waals surface area contributed by atoms with Gasteiger partial charge in [-0.15, -0.1) is 0 Å². The van der Waals surface area contributed by atoms with Gasteiger partial charge < -0.3 is 5.32 Å². The summed E-state index contributed by atoms with van der Waals surface area (Å²) in [6.07, 6.45) is 6.00. The van der Waals surface area contributed by atoms with Crippen LogP contribution in [0.3, 0.4) is 0 Å². The second-order valence-electron chi connectivity index (χ2n) is 7.23. The van der Waals surface area contributed by atoms with Gasteiger partial charge in [0.15, 0.2) is 0 Å². The third kappa shape index (κ3) is 3.58. The highest BCUT2D eigenvalue weighted by atomic mass is 16.1. The molecule has 0 saturated heterocycles. The number of anilines is 1. The third-order valence-electron chi connectivity index (χ3n) is 4.30. The van der Waals surface area contributed by atoms with E-state index in [2.05, 4.69) is 54.3 Å². The molecule has 1 aliphatic carbocycles. The van der Waals surface area contributed by atoms with Crippen molar-refractivity contribution in [3.8, 4) is 0 Å². The number of aromatic nitrogens is 2. The SMILES string of the molecule is CC(C)(C)c1ncc(NC(=O)CC2CCc3ccccc32)cn1. The number of fused-ring (bicyclic) bond motifs is 1. The molecule has 1 aliphatic rings. The van der Waals surface area contributed by atoms with Gasteiger partial charge in [-0.1, -0.05) is 45.0 Å². The number of nitrogens with one attached hydrogen (secondary N) is 1. The van der Waals surface area contributed by atoms with E-state index in [0.717, 1.165) is 18.7 Å². The Morgan fingerprint density at radius 1 is 1.22 bits per heavy atom. The zero-order valence-electron chi connectivity index (χ0n) is 14.0. The molecule has 1 aromatic carbocycles. The lowest BCUT2D eigenvalue weighted by Gasteiger charge is -2.16. The van der Waals surface area contributed by atoms with Gasteiger partial charge in [-0.25, -0.2) is 9.97 Å². The van der Waals surface area contributed by atoms with Crippen LogP contribution in [-0.4, -0.2) is 15.9 Å². The Bertz CT molecular complexity index is 701. The van der Waals surface area contributed by atoms with Gasteiger partial charge in [-0.05, 0) is 29.9 Å². The molecule has 0 saturated carbocycles.